The number of hydrogen-bond donors (Lipinski definition) is 0. The highest BCUT2D eigenvalue weighted by Gasteiger charge is 2.93. The number of carboxylic acids is 1. The maximum Gasteiger partial charge on any atom is 0.460 e. The van der Waals surface area contributed by atoms with Crippen LogP contribution in [0.2, 0.25) is 0 Å². The predicted octanol–water partition coefficient (Wildman–Crippen LogP) is 9.28. The van der Waals surface area contributed by atoms with Crippen LogP contribution in [-0.2, 0) is 4.79 Å². The molecule has 272 valence electrons. The average Bonchev–Trinajstić information content (AvgIpc) is 2.87. The zero-order valence-corrected chi connectivity index (χ0v) is 25.5. The van der Waals surface area contributed by atoms with Gasteiger partial charge in [0.1, 0.15) is 5.97 Å². The predicted molar refractivity (Wildman–Crippen MR) is 134 cm³/mol. The number of quaternary nitrogens is 1. The second kappa shape index (κ2) is 17.5. The number of carbonyl (C=O) groups is 1. The summed E-state index contributed by atoms with van der Waals surface area (Å²) in [4.78, 5) is 9.61. The number of halogens is 15. The fourth-order valence-corrected chi connectivity index (χ4v) is 3.88. The Morgan fingerprint density at radius 3 is 1.00 bits per heavy atom. The SMILES string of the molecule is CCCCCCCCCCCCCCCC[N+](C)(C)C.O=C([O-])C(F)(F)C(F)(F)C(F)(F)C(F)(F)C(F)(F)C(F)(F)C(F)(F)F. The molecule has 0 saturated carbocycles. The van der Waals surface area contributed by atoms with Crippen LogP contribution in [0.25, 0.3) is 0 Å². The number of aliphatic carboxylic acids is 1. The van der Waals surface area contributed by atoms with Gasteiger partial charge in [-0.25, -0.2) is 0 Å². The summed E-state index contributed by atoms with van der Waals surface area (Å²) in [6.45, 7) is 3.63. The Bertz CT molecular complexity index is 854. The molecule has 0 bridgehead atoms. The lowest BCUT2D eigenvalue weighted by molar-refractivity contribution is -0.870. The number of hydrogen-bond acceptors (Lipinski definition) is 2. The van der Waals surface area contributed by atoms with Crippen LogP contribution in [0.1, 0.15) is 96.8 Å². The van der Waals surface area contributed by atoms with Gasteiger partial charge in [0, 0.05) is 0 Å². The van der Waals surface area contributed by atoms with Gasteiger partial charge in [-0.15, -0.1) is 0 Å². The maximum atomic E-state index is 12.8. The molecule has 0 spiro atoms. The van der Waals surface area contributed by atoms with Gasteiger partial charge in [-0.2, -0.15) is 65.9 Å². The molecule has 0 saturated heterocycles. The first-order valence-electron chi connectivity index (χ1n) is 14.4. The molecule has 0 amide bonds. The summed E-state index contributed by atoms with van der Waals surface area (Å²) in [6, 6.07) is 0. The number of carbonyl (C=O) groups excluding carboxylic acids is 1. The van der Waals surface area contributed by atoms with Crippen molar-refractivity contribution >= 4 is 5.97 Å². The Balaban J connectivity index is 0. The van der Waals surface area contributed by atoms with E-state index in [1.165, 1.54) is 96.4 Å². The van der Waals surface area contributed by atoms with E-state index in [1.54, 1.807) is 0 Å². The lowest BCUT2D eigenvalue weighted by Crippen LogP contribution is -2.74. The van der Waals surface area contributed by atoms with Crippen molar-refractivity contribution in [1.29, 1.82) is 0 Å². The molecular weight excluding hydrogens is 655 g/mol. The smallest absolute Gasteiger partial charge is 0.460 e. The normalized spacial score (nSPS) is 14.3. The van der Waals surface area contributed by atoms with E-state index >= 15 is 0 Å². The van der Waals surface area contributed by atoms with Gasteiger partial charge in [-0.05, 0) is 12.8 Å². The lowest BCUT2D eigenvalue weighted by atomic mass is 9.91. The second-order valence-corrected chi connectivity index (χ2v) is 11.8. The highest BCUT2D eigenvalue weighted by molar-refractivity contribution is 5.75. The van der Waals surface area contributed by atoms with Crippen LogP contribution < -0.4 is 5.11 Å². The third-order valence-electron chi connectivity index (χ3n) is 6.77. The van der Waals surface area contributed by atoms with Gasteiger partial charge >= 0.3 is 41.7 Å². The minimum Gasteiger partial charge on any atom is -0.544 e. The summed E-state index contributed by atoms with van der Waals surface area (Å²) >= 11 is 0. The Morgan fingerprint density at radius 2 is 0.733 bits per heavy atom. The summed E-state index contributed by atoms with van der Waals surface area (Å²) in [7, 11) is 6.88. The zero-order valence-electron chi connectivity index (χ0n) is 25.5. The summed E-state index contributed by atoms with van der Waals surface area (Å²) in [5.41, 5.74) is 0. The van der Waals surface area contributed by atoms with Gasteiger partial charge in [0.25, 0.3) is 0 Å². The average molecular weight is 698 g/mol. The van der Waals surface area contributed by atoms with Gasteiger partial charge in [-0.1, -0.05) is 84.0 Å². The van der Waals surface area contributed by atoms with Crippen LogP contribution in [0.5, 0.6) is 0 Å². The lowest BCUT2D eigenvalue weighted by Gasteiger charge is -2.41. The number of unbranched alkanes of at least 4 members (excludes halogenated alkanes) is 13. The molecule has 0 aliphatic heterocycles. The van der Waals surface area contributed by atoms with Crippen molar-refractivity contribution in [3.05, 3.63) is 0 Å². The van der Waals surface area contributed by atoms with E-state index < -0.39 is 47.7 Å². The molecule has 0 aromatic rings. The van der Waals surface area contributed by atoms with Gasteiger partial charge in [-0.3, -0.25) is 0 Å². The van der Waals surface area contributed by atoms with Crippen LogP contribution in [0, 0.1) is 0 Å². The number of nitrogens with zero attached hydrogens (tertiary/aromatic N) is 1. The fraction of sp³-hybridized carbons (Fsp3) is 0.963. The Kier molecular flexibility index (Phi) is 17.7. The first kappa shape index (κ1) is 45.5. The van der Waals surface area contributed by atoms with Crippen LogP contribution in [-0.4, -0.2) is 79.9 Å². The third kappa shape index (κ3) is 12.2. The first-order chi connectivity index (χ1) is 20.0. The van der Waals surface area contributed by atoms with Crippen LogP contribution in [0.3, 0.4) is 0 Å². The topological polar surface area (TPSA) is 40.1 Å². The van der Waals surface area contributed by atoms with Crippen LogP contribution >= 0.6 is 0 Å². The largest absolute Gasteiger partial charge is 0.544 e. The molecule has 3 nitrogen and oxygen atoms in total. The summed E-state index contributed by atoms with van der Waals surface area (Å²) in [5, 5.41) is 9.61. The van der Waals surface area contributed by atoms with Crippen molar-refractivity contribution in [3.8, 4) is 0 Å². The van der Waals surface area contributed by atoms with Crippen molar-refractivity contribution in [2.45, 2.75) is 139 Å². The molecule has 0 fully saturated rings. The monoisotopic (exact) mass is 697 g/mol. The molecule has 0 aromatic carbocycles. The Labute approximate surface area is 253 Å². The number of rotatable bonds is 21. The van der Waals surface area contributed by atoms with Gasteiger partial charge in [0.05, 0.1) is 27.7 Å². The molecule has 0 unspecified atom stereocenters. The molecule has 0 rings (SSSR count). The molecule has 0 N–H and O–H groups in total. The second-order valence-electron chi connectivity index (χ2n) is 11.8. The van der Waals surface area contributed by atoms with Crippen molar-refractivity contribution in [3.63, 3.8) is 0 Å². The molecule has 0 atom stereocenters. The third-order valence-corrected chi connectivity index (χ3v) is 6.77. The standard InChI is InChI=1S/C19H42N.C8HF15O2/c1-5-6-7-8-9-10-11-12-13-14-15-16-17-18-19-20(2,3)4;9-2(10,1(24)25)3(11,12)4(13,14)5(15,16)6(17,18)7(19,20)8(21,22)23/h5-19H2,1-4H3;(H,24,25)/q+1;/p-1. The molecule has 0 aromatic heterocycles. The molecule has 0 heterocycles. The van der Waals surface area contributed by atoms with Crippen molar-refractivity contribution < 1.29 is 80.2 Å². The Morgan fingerprint density at radius 1 is 0.467 bits per heavy atom. The summed E-state index contributed by atoms with van der Waals surface area (Å²) < 4.78 is 187. The van der Waals surface area contributed by atoms with E-state index in [4.69, 9.17) is 0 Å². The minimum absolute atomic E-state index is 1.12. The molecule has 0 radical (unpaired) electrons. The molecule has 18 heteroatoms. The van der Waals surface area contributed by atoms with Gasteiger partial charge in [0.15, 0.2) is 0 Å². The number of alkyl halides is 15. The molecule has 45 heavy (non-hydrogen) atoms. The first-order valence-corrected chi connectivity index (χ1v) is 14.4. The van der Waals surface area contributed by atoms with Gasteiger partial charge in [0.2, 0.25) is 0 Å². The van der Waals surface area contributed by atoms with Gasteiger partial charge < -0.3 is 14.4 Å². The van der Waals surface area contributed by atoms with E-state index in [2.05, 4.69) is 28.1 Å². The highest BCUT2D eigenvalue weighted by atomic mass is 19.4. The fourth-order valence-electron chi connectivity index (χ4n) is 3.88. The van der Waals surface area contributed by atoms with E-state index in [0.29, 0.717) is 0 Å². The van der Waals surface area contributed by atoms with Crippen molar-refractivity contribution in [2.24, 2.45) is 0 Å². The summed E-state index contributed by atoms with van der Waals surface area (Å²) in [6.07, 6.45) is 12.7. The van der Waals surface area contributed by atoms with Crippen LogP contribution in [0.15, 0.2) is 0 Å². The van der Waals surface area contributed by atoms with E-state index in [-0.39, 0.29) is 0 Å². The highest BCUT2D eigenvalue weighted by Crippen LogP contribution is 2.62. The zero-order chi connectivity index (χ0) is 36.2. The minimum atomic E-state index is -8.50. The van der Waals surface area contributed by atoms with Crippen molar-refractivity contribution in [2.75, 3.05) is 27.7 Å². The quantitative estimate of drug-likeness (QED) is 0.0682. The van der Waals surface area contributed by atoms with Crippen LogP contribution in [0.4, 0.5) is 65.9 Å². The van der Waals surface area contributed by atoms with Crippen molar-refractivity contribution in [1.82, 2.24) is 0 Å². The van der Waals surface area contributed by atoms with E-state index in [1.807, 2.05) is 0 Å². The summed E-state index contributed by atoms with van der Waals surface area (Å²) in [5.74, 6) is -53.3. The maximum absolute atomic E-state index is 12.8. The molecule has 0 aliphatic carbocycles. The van der Waals surface area contributed by atoms with E-state index in [0.717, 1.165) is 4.48 Å². The molecule has 0 aliphatic rings. The number of carboxylic acid groups (broad SMARTS) is 1. The van der Waals surface area contributed by atoms with E-state index in [9.17, 15) is 75.8 Å². The molecular formula is C27H42F15NO2. The Hall–Kier alpha value is -1.62.